The van der Waals surface area contributed by atoms with Gasteiger partial charge in [-0.05, 0) is 172 Å². The second kappa shape index (κ2) is 18.3. The predicted octanol–water partition coefficient (Wildman–Crippen LogP) is 16.6. The zero-order chi connectivity index (χ0) is 52.2. The standard InChI is InChI=1S/C66H34F3N7/c67-66(68,69)53-20-25-63(75-59-21-16-48(44-10-1-6-40(26-44)35-70)30-54(59)55-31-49(17-22-60(55)75)45-11-2-7-41(27-45)36-71)58(34-53)65-52(39-74)14-5-15-64(65)76-61-23-18-50(46-12-3-8-42(28-46)37-72)32-56(61)57-33-51(19-24-62(57)76)47-13-4-9-43(29-47)38-73/h1-34H. The Kier molecular flexibility index (Phi) is 11.1. The minimum absolute atomic E-state index is 0.142. The maximum absolute atomic E-state index is 15.3. The van der Waals surface area contributed by atoms with Crippen LogP contribution >= 0.6 is 0 Å². The summed E-state index contributed by atoms with van der Waals surface area (Å²) in [6, 6.07) is 72.9. The Bertz CT molecular complexity index is 4420. The van der Waals surface area contributed by atoms with E-state index in [-0.39, 0.29) is 16.7 Å². The zero-order valence-corrected chi connectivity index (χ0v) is 39.9. The second-order valence-electron chi connectivity index (χ2n) is 18.4. The van der Waals surface area contributed by atoms with Crippen LogP contribution in [0.2, 0.25) is 0 Å². The van der Waals surface area contributed by atoms with Crippen molar-refractivity contribution in [3.63, 3.8) is 0 Å². The SMILES string of the molecule is N#Cc1cccc(-c2ccc3c(c2)c2cc(-c4cccc(C#N)c4)ccc2n3-c2ccc(C(F)(F)F)cc2-c2c(C#N)cccc2-n2c3ccc(-c4cccc(C#N)c4)cc3c3cc(-c4cccc(C#N)c4)ccc32)c1. The molecule has 354 valence electrons. The van der Waals surface area contributed by atoms with E-state index in [1.165, 1.54) is 6.07 Å². The monoisotopic (exact) mass is 981 g/mol. The lowest BCUT2D eigenvalue weighted by molar-refractivity contribution is -0.137. The Labute approximate surface area is 433 Å². The van der Waals surface area contributed by atoms with Crippen LogP contribution in [0.25, 0.3) is 111 Å². The lowest BCUT2D eigenvalue weighted by Gasteiger charge is -2.21. The van der Waals surface area contributed by atoms with Gasteiger partial charge in [0.15, 0.2) is 0 Å². The summed E-state index contributed by atoms with van der Waals surface area (Å²) in [4.78, 5) is 0. The van der Waals surface area contributed by atoms with E-state index in [0.29, 0.717) is 55.7 Å². The number of rotatable bonds is 7. The highest BCUT2D eigenvalue weighted by Crippen LogP contribution is 2.46. The minimum Gasteiger partial charge on any atom is -0.309 e. The van der Waals surface area contributed by atoms with Crippen molar-refractivity contribution in [2.75, 3.05) is 0 Å². The lowest BCUT2D eigenvalue weighted by Crippen LogP contribution is -2.08. The van der Waals surface area contributed by atoms with Gasteiger partial charge in [0, 0.05) is 32.7 Å². The van der Waals surface area contributed by atoms with Gasteiger partial charge in [0.25, 0.3) is 0 Å². The van der Waals surface area contributed by atoms with Gasteiger partial charge in [-0.25, -0.2) is 0 Å². The minimum atomic E-state index is -4.76. The summed E-state index contributed by atoms with van der Waals surface area (Å²) < 4.78 is 49.7. The van der Waals surface area contributed by atoms with Crippen LogP contribution < -0.4 is 0 Å². The van der Waals surface area contributed by atoms with Gasteiger partial charge < -0.3 is 9.13 Å². The number of nitriles is 5. The summed E-state index contributed by atoms with van der Waals surface area (Å²) in [5.74, 6) is 0. The molecule has 0 bridgehead atoms. The Hall–Kier alpha value is -11.0. The molecule has 0 N–H and O–H groups in total. The molecule has 0 aliphatic rings. The van der Waals surface area contributed by atoms with Gasteiger partial charge in [-0.3, -0.25) is 0 Å². The topological polar surface area (TPSA) is 129 Å². The highest BCUT2D eigenvalue weighted by atomic mass is 19.4. The molecule has 0 amide bonds. The fourth-order valence-electron chi connectivity index (χ4n) is 10.6. The van der Waals surface area contributed by atoms with Crippen molar-refractivity contribution < 1.29 is 13.2 Å². The summed E-state index contributed by atoms with van der Waals surface area (Å²) in [7, 11) is 0. The first-order valence-corrected chi connectivity index (χ1v) is 24.0. The molecule has 12 rings (SSSR count). The number of hydrogen-bond donors (Lipinski definition) is 0. The first-order chi connectivity index (χ1) is 37.0. The van der Waals surface area contributed by atoms with E-state index in [1.54, 1.807) is 36.4 Å². The van der Waals surface area contributed by atoms with E-state index in [1.807, 2.05) is 161 Å². The summed E-state index contributed by atoms with van der Waals surface area (Å²) in [6.07, 6.45) is -4.76. The number of nitrogens with zero attached hydrogens (tertiary/aromatic N) is 7. The number of hydrogen-bond acceptors (Lipinski definition) is 5. The predicted molar refractivity (Wildman–Crippen MR) is 291 cm³/mol. The third-order valence-electron chi connectivity index (χ3n) is 14.1. The van der Waals surface area contributed by atoms with Crippen LogP contribution in [0.15, 0.2) is 206 Å². The molecule has 0 saturated heterocycles. The van der Waals surface area contributed by atoms with Crippen LogP contribution in [0.4, 0.5) is 13.2 Å². The third-order valence-corrected chi connectivity index (χ3v) is 14.1. The summed E-state index contributed by atoms with van der Waals surface area (Å²) in [5.41, 5.74) is 11.8. The molecule has 12 aromatic rings. The van der Waals surface area contributed by atoms with E-state index in [9.17, 15) is 26.3 Å². The van der Waals surface area contributed by atoms with Crippen LogP contribution in [0.5, 0.6) is 0 Å². The first-order valence-electron chi connectivity index (χ1n) is 24.0. The van der Waals surface area contributed by atoms with E-state index >= 15 is 13.2 Å². The fraction of sp³-hybridized carbons (Fsp3) is 0.0152. The third kappa shape index (κ3) is 7.83. The van der Waals surface area contributed by atoms with Gasteiger partial charge in [-0.15, -0.1) is 0 Å². The number of aromatic nitrogens is 2. The molecular weight excluding hydrogens is 948 g/mol. The van der Waals surface area contributed by atoms with Crippen molar-refractivity contribution >= 4 is 43.6 Å². The smallest absolute Gasteiger partial charge is 0.309 e. The van der Waals surface area contributed by atoms with Gasteiger partial charge in [-0.2, -0.15) is 39.5 Å². The lowest BCUT2D eigenvalue weighted by atomic mass is 9.94. The van der Waals surface area contributed by atoms with Crippen LogP contribution in [0.3, 0.4) is 0 Å². The van der Waals surface area contributed by atoms with E-state index < -0.39 is 11.7 Å². The summed E-state index contributed by atoms with van der Waals surface area (Å²) in [5, 5.41) is 53.5. The highest BCUT2D eigenvalue weighted by Gasteiger charge is 2.33. The maximum Gasteiger partial charge on any atom is 0.416 e. The molecule has 0 atom stereocenters. The Morgan fingerprint density at radius 2 is 0.658 bits per heavy atom. The van der Waals surface area contributed by atoms with Gasteiger partial charge >= 0.3 is 6.18 Å². The molecule has 0 aliphatic heterocycles. The quantitative estimate of drug-likeness (QED) is 0.157. The number of alkyl halides is 3. The van der Waals surface area contributed by atoms with E-state index in [0.717, 1.165) is 78.2 Å². The molecule has 76 heavy (non-hydrogen) atoms. The molecule has 0 radical (unpaired) electrons. The molecule has 2 heterocycles. The summed E-state index contributed by atoms with van der Waals surface area (Å²) >= 11 is 0. The van der Waals surface area contributed by atoms with Crippen LogP contribution in [0, 0.1) is 56.7 Å². The van der Waals surface area contributed by atoms with E-state index in [4.69, 9.17) is 0 Å². The summed E-state index contributed by atoms with van der Waals surface area (Å²) in [6.45, 7) is 0. The average molecular weight is 982 g/mol. The largest absolute Gasteiger partial charge is 0.416 e. The van der Waals surface area contributed by atoms with Crippen LogP contribution in [-0.2, 0) is 6.18 Å². The second-order valence-corrected chi connectivity index (χ2v) is 18.4. The van der Waals surface area contributed by atoms with Gasteiger partial charge in [0.2, 0.25) is 0 Å². The zero-order valence-electron chi connectivity index (χ0n) is 39.9. The Morgan fingerprint density at radius 1 is 0.316 bits per heavy atom. The average Bonchev–Trinajstić information content (AvgIpc) is 3.98. The van der Waals surface area contributed by atoms with Crippen molar-refractivity contribution in [3.05, 3.63) is 240 Å². The number of halogens is 3. The molecule has 2 aromatic heterocycles. The molecule has 0 aliphatic carbocycles. The molecule has 0 saturated carbocycles. The molecule has 7 nitrogen and oxygen atoms in total. The highest BCUT2D eigenvalue weighted by molar-refractivity contribution is 6.14. The fourth-order valence-corrected chi connectivity index (χ4v) is 10.6. The van der Waals surface area contributed by atoms with Crippen molar-refractivity contribution in [2.45, 2.75) is 6.18 Å². The Balaban J connectivity index is 1.16. The van der Waals surface area contributed by atoms with E-state index in [2.05, 4.69) is 30.3 Å². The maximum atomic E-state index is 15.3. The normalized spacial score (nSPS) is 11.3. The Morgan fingerprint density at radius 3 is 1.00 bits per heavy atom. The number of benzene rings is 10. The first kappa shape index (κ1) is 46.1. The molecule has 0 spiro atoms. The van der Waals surface area contributed by atoms with Gasteiger partial charge in [0.05, 0.1) is 97.2 Å². The van der Waals surface area contributed by atoms with Crippen LogP contribution in [-0.4, -0.2) is 9.13 Å². The van der Waals surface area contributed by atoms with Crippen molar-refractivity contribution in [1.29, 1.82) is 26.3 Å². The van der Waals surface area contributed by atoms with Gasteiger partial charge in [0.1, 0.15) is 0 Å². The van der Waals surface area contributed by atoms with Crippen molar-refractivity contribution in [1.82, 2.24) is 9.13 Å². The molecule has 0 fully saturated rings. The molecular formula is C66H34F3N7. The van der Waals surface area contributed by atoms with Gasteiger partial charge in [-0.1, -0.05) is 78.9 Å². The van der Waals surface area contributed by atoms with Crippen LogP contribution in [0.1, 0.15) is 33.4 Å². The van der Waals surface area contributed by atoms with Crippen molar-refractivity contribution in [2.24, 2.45) is 0 Å². The molecule has 10 aromatic carbocycles. The van der Waals surface area contributed by atoms with Crippen molar-refractivity contribution in [3.8, 4) is 97.4 Å². The number of fused-ring (bicyclic) bond motifs is 6. The molecule has 10 heteroatoms. The molecule has 0 unspecified atom stereocenters.